The summed E-state index contributed by atoms with van der Waals surface area (Å²) in [5.41, 5.74) is 3.48. The second kappa shape index (κ2) is 7.13. The number of nitrogens with one attached hydrogen (secondary N) is 2. The molecule has 0 saturated carbocycles. The Labute approximate surface area is 125 Å². The minimum absolute atomic E-state index is 0.536. The molecule has 1 aromatic rings. The Morgan fingerprint density at radius 1 is 1.25 bits per heavy atom. The molecule has 2 N–H and O–H groups in total. The van der Waals surface area contributed by atoms with Crippen molar-refractivity contribution < 1.29 is 0 Å². The first-order valence-electron chi connectivity index (χ1n) is 7.36. The van der Waals surface area contributed by atoms with E-state index in [1.54, 1.807) is 11.8 Å². The van der Waals surface area contributed by atoms with Crippen LogP contribution < -0.4 is 10.7 Å². The minimum atomic E-state index is 0.536. The molecular formula is C14H25N5S. The molecule has 1 fully saturated rings. The predicted molar refractivity (Wildman–Crippen MR) is 86.2 cm³/mol. The normalized spacial score (nSPS) is 23.6. The zero-order chi connectivity index (χ0) is 14.5. The SMILES string of the molecule is CCNc1cc(NN2C(C)CCCC2C)nc(SC)n1. The van der Waals surface area contributed by atoms with Gasteiger partial charge in [0.05, 0.1) is 0 Å². The molecule has 0 amide bonds. The minimum Gasteiger partial charge on any atom is -0.370 e. The molecule has 2 heterocycles. The van der Waals surface area contributed by atoms with E-state index in [1.807, 2.05) is 12.3 Å². The summed E-state index contributed by atoms with van der Waals surface area (Å²) in [5, 5.41) is 6.38. The van der Waals surface area contributed by atoms with Crippen LogP contribution in [0.2, 0.25) is 0 Å². The number of hydrazine groups is 1. The largest absolute Gasteiger partial charge is 0.370 e. The molecule has 2 rings (SSSR count). The lowest BCUT2D eigenvalue weighted by molar-refractivity contribution is 0.135. The monoisotopic (exact) mass is 295 g/mol. The lowest BCUT2D eigenvalue weighted by Crippen LogP contribution is -2.47. The molecule has 2 atom stereocenters. The zero-order valence-corrected chi connectivity index (χ0v) is 13.6. The fourth-order valence-corrected chi connectivity index (χ4v) is 3.00. The average Bonchev–Trinajstić information content (AvgIpc) is 2.43. The molecule has 0 aromatic carbocycles. The number of thioether (sulfide) groups is 1. The summed E-state index contributed by atoms with van der Waals surface area (Å²) in [5.74, 6) is 1.76. The summed E-state index contributed by atoms with van der Waals surface area (Å²) in [6.07, 6.45) is 5.78. The van der Waals surface area contributed by atoms with E-state index in [9.17, 15) is 0 Å². The second-order valence-electron chi connectivity index (χ2n) is 5.30. The van der Waals surface area contributed by atoms with Crippen molar-refractivity contribution in [3.63, 3.8) is 0 Å². The first-order chi connectivity index (χ1) is 9.63. The van der Waals surface area contributed by atoms with Gasteiger partial charge in [0.25, 0.3) is 0 Å². The summed E-state index contributed by atoms with van der Waals surface area (Å²) < 4.78 is 0. The fraction of sp³-hybridized carbons (Fsp3) is 0.714. The number of aromatic nitrogens is 2. The van der Waals surface area contributed by atoms with Crippen molar-refractivity contribution in [3.05, 3.63) is 6.07 Å². The third-order valence-electron chi connectivity index (χ3n) is 3.68. The third kappa shape index (κ3) is 3.76. The first kappa shape index (κ1) is 15.4. The smallest absolute Gasteiger partial charge is 0.191 e. The van der Waals surface area contributed by atoms with Crippen molar-refractivity contribution in [2.45, 2.75) is 57.3 Å². The van der Waals surface area contributed by atoms with E-state index in [4.69, 9.17) is 0 Å². The van der Waals surface area contributed by atoms with Gasteiger partial charge in [-0.15, -0.1) is 0 Å². The highest BCUT2D eigenvalue weighted by Gasteiger charge is 2.25. The maximum atomic E-state index is 4.56. The summed E-state index contributed by atoms with van der Waals surface area (Å²) in [6.45, 7) is 7.47. The van der Waals surface area contributed by atoms with Crippen molar-refractivity contribution >= 4 is 23.4 Å². The Morgan fingerprint density at radius 2 is 1.90 bits per heavy atom. The van der Waals surface area contributed by atoms with Gasteiger partial charge in [-0.2, -0.15) is 0 Å². The van der Waals surface area contributed by atoms with E-state index in [0.717, 1.165) is 23.3 Å². The molecule has 5 nitrogen and oxygen atoms in total. The quantitative estimate of drug-likeness (QED) is 0.642. The zero-order valence-electron chi connectivity index (χ0n) is 12.8. The molecule has 1 aliphatic rings. The molecule has 0 aliphatic carbocycles. The van der Waals surface area contributed by atoms with Gasteiger partial charge >= 0.3 is 0 Å². The number of anilines is 2. The van der Waals surface area contributed by atoms with Crippen LogP contribution in [-0.4, -0.2) is 39.9 Å². The lowest BCUT2D eigenvalue weighted by Gasteiger charge is -2.39. The van der Waals surface area contributed by atoms with Crippen LogP contribution in [0.5, 0.6) is 0 Å². The Morgan fingerprint density at radius 3 is 2.50 bits per heavy atom. The molecule has 0 bridgehead atoms. The molecule has 6 heteroatoms. The predicted octanol–water partition coefficient (Wildman–Crippen LogP) is 3.22. The molecule has 2 unspecified atom stereocenters. The molecule has 112 valence electrons. The van der Waals surface area contributed by atoms with Crippen LogP contribution in [0.15, 0.2) is 11.2 Å². The standard InChI is InChI=1S/C14H25N5S/c1-5-15-12-9-13(17-14(16-12)20-4)18-19-10(2)7-6-8-11(19)3/h9-11H,5-8H2,1-4H3,(H2,15,16,17,18). The van der Waals surface area contributed by atoms with Gasteiger partial charge in [0, 0.05) is 24.7 Å². The molecule has 20 heavy (non-hydrogen) atoms. The molecule has 1 aromatic heterocycles. The van der Waals surface area contributed by atoms with Gasteiger partial charge < -0.3 is 10.7 Å². The maximum Gasteiger partial charge on any atom is 0.191 e. The summed E-state index contributed by atoms with van der Waals surface area (Å²) >= 11 is 1.57. The van der Waals surface area contributed by atoms with Crippen molar-refractivity contribution in [2.75, 3.05) is 23.5 Å². The number of hydrogen-bond acceptors (Lipinski definition) is 6. The molecule has 1 aliphatic heterocycles. The highest BCUT2D eigenvalue weighted by atomic mass is 32.2. The molecule has 0 spiro atoms. The van der Waals surface area contributed by atoms with Gasteiger partial charge in [-0.25, -0.2) is 15.0 Å². The van der Waals surface area contributed by atoms with E-state index in [2.05, 4.69) is 46.5 Å². The van der Waals surface area contributed by atoms with E-state index < -0.39 is 0 Å². The van der Waals surface area contributed by atoms with Gasteiger partial charge in [0.1, 0.15) is 11.6 Å². The van der Waals surface area contributed by atoms with Gasteiger partial charge in [-0.1, -0.05) is 18.2 Å². The number of hydrogen-bond donors (Lipinski definition) is 2. The van der Waals surface area contributed by atoms with E-state index in [1.165, 1.54) is 19.3 Å². The molecule has 0 radical (unpaired) electrons. The highest BCUT2D eigenvalue weighted by Crippen LogP contribution is 2.24. The van der Waals surface area contributed by atoms with Crippen molar-refractivity contribution in [1.29, 1.82) is 0 Å². The van der Waals surface area contributed by atoms with Crippen LogP contribution in [-0.2, 0) is 0 Å². The van der Waals surface area contributed by atoms with Crippen molar-refractivity contribution in [1.82, 2.24) is 15.0 Å². The Hall–Kier alpha value is -1.01. The Bertz CT molecular complexity index is 430. The summed E-state index contributed by atoms with van der Waals surface area (Å²) in [4.78, 5) is 9.01. The van der Waals surface area contributed by atoms with Crippen molar-refractivity contribution in [3.8, 4) is 0 Å². The summed E-state index contributed by atoms with van der Waals surface area (Å²) in [6, 6.07) is 3.06. The molecule has 1 saturated heterocycles. The average molecular weight is 295 g/mol. The highest BCUT2D eigenvalue weighted by molar-refractivity contribution is 7.98. The third-order valence-corrected chi connectivity index (χ3v) is 4.23. The van der Waals surface area contributed by atoms with Gasteiger partial charge in [-0.05, 0) is 39.9 Å². The van der Waals surface area contributed by atoms with Gasteiger partial charge in [0.2, 0.25) is 0 Å². The number of piperidine rings is 1. The van der Waals surface area contributed by atoms with E-state index >= 15 is 0 Å². The Kier molecular flexibility index (Phi) is 5.48. The van der Waals surface area contributed by atoms with Crippen LogP contribution in [0, 0.1) is 0 Å². The van der Waals surface area contributed by atoms with E-state index in [0.29, 0.717) is 12.1 Å². The van der Waals surface area contributed by atoms with Crippen molar-refractivity contribution in [2.24, 2.45) is 0 Å². The van der Waals surface area contributed by atoms with Crippen LogP contribution >= 0.6 is 11.8 Å². The van der Waals surface area contributed by atoms with E-state index in [-0.39, 0.29) is 0 Å². The topological polar surface area (TPSA) is 53.1 Å². The van der Waals surface area contributed by atoms with Gasteiger partial charge in [-0.3, -0.25) is 0 Å². The van der Waals surface area contributed by atoms with Crippen LogP contribution in [0.25, 0.3) is 0 Å². The fourth-order valence-electron chi connectivity index (χ4n) is 2.62. The Balaban J connectivity index is 2.16. The lowest BCUT2D eigenvalue weighted by atomic mass is 10.00. The van der Waals surface area contributed by atoms with Crippen LogP contribution in [0.1, 0.15) is 40.0 Å². The maximum absolute atomic E-state index is 4.56. The van der Waals surface area contributed by atoms with Crippen LogP contribution in [0.3, 0.4) is 0 Å². The van der Waals surface area contributed by atoms with Gasteiger partial charge in [0.15, 0.2) is 5.16 Å². The number of rotatable bonds is 5. The molecular weight excluding hydrogens is 270 g/mol. The number of nitrogens with zero attached hydrogens (tertiary/aromatic N) is 3. The second-order valence-corrected chi connectivity index (χ2v) is 6.08. The van der Waals surface area contributed by atoms with Crippen LogP contribution in [0.4, 0.5) is 11.6 Å². The first-order valence-corrected chi connectivity index (χ1v) is 8.58. The summed E-state index contributed by atoms with van der Waals surface area (Å²) in [7, 11) is 0.